The van der Waals surface area contributed by atoms with Crippen LogP contribution >= 0.6 is 11.6 Å². The Kier molecular flexibility index (Phi) is 5.03. The average molecular weight is 286 g/mol. The number of benzene rings is 1. The normalized spacial score (nSPS) is 12.8. The van der Waals surface area contributed by atoms with Crippen molar-refractivity contribution in [1.29, 1.82) is 0 Å². The summed E-state index contributed by atoms with van der Waals surface area (Å²) in [6.45, 7) is 4.56. The van der Waals surface area contributed by atoms with Gasteiger partial charge in [-0.05, 0) is 46.1 Å². The van der Waals surface area contributed by atoms with Gasteiger partial charge in [-0.2, -0.15) is 0 Å². The molecular weight excluding hydrogens is 266 g/mol. The van der Waals surface area contributed by atoms with Crippen molar-refractivity contribution in [2.75, 3.05) is 20.7 Å². The Morgan fingerprint density at radius 2 is 2.11 bits per heavy atom. The Hall–Kier alpha value is -1.46. The highest BCUT2D eigenvalue weighted by Gasteiger charge is 2.22. The third kappa shape index (κ3) is 4.01. The molecule has 0 saturated carbocycles. The molecule has 0 atom stereocenters. The number of amidine groups is 1. The number of rotatable bonds is 5. The minimum Gasteiger partial charge on any atom is -0.491 e. The first-order valence-corrected chi connectivity index (χ1v) is 6.23. The Morgan fingerprint density at radius 3 is 2.63 bits per heavy atom. The van der Waals surface area contributed by atoms with Crippen LogP contribution in [-0.4, -0.2) is 42.2 Å². The molecule has 0 aliphatic rings. The van der Waals surface area contributed by atoms with Crippen LogP contribution in [0.2, 0.25) is 5.02 Å². The van der Waals surface area contributed by atoms with E-state index in [0.717, 1.165) is 0 Å². The van der Waals surface area contributed by atoms with Gasteiger partial charge in [-0.25, -0.2) is 0 Å². The molecule has 5 nitrogen and oxygen atoms in total. The second-order valence-electron chi connectivity index (χ2n) is 5.12. The van der Waals surface area contributed by atoms with Crippen LogP contribution in [0.4, 0.5) is 0 Å². The number of hydrogen-bond donors (Lipinski definition) is 2. The number of halogens is 1. The van der Waals surface area contributed by atoms with E-state index < -0.39 is 0 Å². The molecule has 0 heterocycles. The third-order valence-corrected chi connectivity index (χ3v) is 3.35. The number of hydrogen-bond acceptors (Lipinski definition) is 4. The molecule has 1 aromatic carbocycles. The van der Waals surface area contributed by atoms with Crippen LogP contribution in [0.1, 0.15) is 19.4 Å². The van der Waals surface area contributed by atoms with Gasteiger partial charge in [-0.1, -0.05) is 16.8 Å². The van der Waals surface area contributed by atoms with Crippen LogP contribution in [0.5, 0.6) is 5.75 Å². The lowest BCUT2D eigenvalue weighted by molar-refractivity contribution is 0.114. The average Bonchev–Trinajstić information content (AvgIpc) is 2.35. The Balaban J connectivity index is 2.97. The molecule has 0 aliphatic carbocycles. The first kappa shape index (κ1) is 15.6. The molecule has 0 aromatic heterocycles. The van der Waals surface area contributed by atoms with Gasteiger partial charge in [-0.15, -0.1) is 0 Å². The summed E-state index contributed by atoms with van der Waals surface area (Å²) in [6.07, 6.45) is 0. The van der Waals surface area contributed by atoms with E-state index in [9.17, 15) is 0 Å². The maximum absolute atomic E-state index is 8.76. The zero-order valence-electron chi connectivity index (χ0n) is 11.6. The van der Waals surface area contributed by atoms with E-state index in [0.29, 0.717) is 22.9 Å². The highest BCUT2D eigenvalue weighted by atomic mass is 35.5. The summed E-state index contributed by atoms with van der Waals surface area (Å²) in [5.74, 6) is 0.493. The van der Waals surface area contributed by atoms with E-state index >= 15 is 0 Å². The number of oxime groups is 1. The molecule has 0 spiro atoms. The zero-order valence-corrected chi connectivity index (χ0v) is 12.4. The van der Waals surface area contributed by atoms with Gasteiger partial charge in [0.05, 0.1) is 5.56 Å². The van der Waals surface area contributed by atoms with E-state index in [-0.39, 0.29) is 11.4 Å². The van der Waals surface area contributed by atoms with E-state index in [4.69, 9.17) is 27.3 Å². The molecule has 0 bridgehead atoms. The molecule has 0 radical (unpaired) electrons. The van der Waals surface area contributed by atoms with Crippen molar-refractivity contribution < 1.29 is 9.94 Å². The first-order chi connectivity index (χ1) is 8.77. The Labute approximate surface area is 118 Å². The topological polar surface area (TPSA) is 71.1 Å². The van der Waals surface area contributed by atoms with Gasteiger partial charge in [-0.3, -0.25) is 0 Å². The second-order valence-corrected chi connectivity index (χ2v) is 5.56. The molecule has 3 N–H and O–H groups in total. The number of ether oxygens (including phenoxy) is 1. The molecule has 0 aliphatic heterocycles. The predicted molar refractivity (Wildman–Crippen MR) is 77.2 cm³/mol. The van der Waals surface area contributed by atoms with E-state index in [1.165, 1.54) is 0 Å². The molecule has 1 aromatic rings. The van der Waals surface area contributed by atoms with E-state index in [1.807, 2.05) is 14.1 Å². The smallest absolute Gasteiger partial charge is 0.173 e. The van der Waals surface area contributed by atoms with Crippen molar-refractivity contribution in [3.8, 4) is 5.75 Å². The first-order valence-electron chi connectivity index (χ1n) is 5.85. The lowest BCUT2D eigenvalue weighted by atomic mass is 10.1. The quantitative estimate of drug-likeness (QED) is 0.376. The van der Waals surface area contributed by atoms with Crippen LogP contribution in [-0.2, 0) is 0 Å². The summed E-state index contributed by atoms with van der Waals surface area (Å²) >= 11 is 5.94. The molecule has 0 unspecified atom stereocenters. The lowest BCUT2D eigenvalue weighted by Crippen LogP contribution is -2.43. The summed E-state index contributed by atoms with van der Waals surface area (Å²) in [4.78, 5) is 2.06. The summed E-state index contributed by atoms with van der Waals surface area (Å²) in [5, 5.41) is 12.3. The van der Waals surface area contributed by atoms with Crippen molar-refractivity contribution in [3.63, 3.8) is 0 Å². The van der Waals surface area contributed by atoms with Crippen LogP contribution < -0.4 is 10.5 Å². The summed E-state index contributed by atoms with van der Waals surface area (Å²) in [7, 11) is 3.96. The highest BCUT2D eigenvalue weighted by molar-refractivity contribution is 6.30. The van der Waals surface area contributed by atoms with Crippen LogP contribution in [0.15, 0.2) is 23.4 Å². The largest absolute Gasteiger partial charge is 0.491 e. The number of nitrogens with zero attached hydrogens (tertiary/aromatic N) is 2. The van der Waals surface area contributed by atoms with Crippen molar-refractivity contribution in [2.24, 2.45) is 10.9 Å². The van der Waals surface area contributed by atoms with Gasteiger partial charge >= 0.3 is 0 Å². The maximum atomic E-state index is 8.76. The molecule has 0 fully saturated rings. The molecular formula is C13H20ClN3O2. The summed E-state index contributed by atoms with van der Waals surface area (Å²) < 4.78 is 5.77. The second kappa shape index (κ2) is 6.12. The summed E-state index contributed by atoms with van der Waals surface area (Å²) in [6, 6.07) is 4.98. The zero-order chi connectivity index (χ0) is 14.6. The van der Waals surface area contributed by atoms with Gasteiger partial charge in [0, 0.05) is 10.6 Å². The fourth-order valence-electron chi connectivity index (χ4n) is 1.26. The van der Waals surface area contributed by atoms with Crippen molar-refractivity contribution in [3.05, 3.63) is 28.8 Å². The lowest BCUT2D eigenvalue weighted by Gasteiger charge is -2.32. The SMILES string of the molecule is CN(C)C(C)(C)COc1cc(Cl)ccc1C(N)=NO. The fraction of sp³-hybridized carbons (Fsp3) is 0.462. The number of likely N-dealkylation sites (N-methyl/N-ethyl adjacent to an activating group) is 1. The minimum atomic E-state index is -0.148. The van der Waals surface area contributed by atoms with E-state index in [2.05, 4.69) is 23.9 Å². The molecule has 1 rings (SSSR count). The molecule has 0 saturated heterocycles. The molecule has 19 heavy (non-hydrogen) atoms. The van der Waals surface area contributed by atoms with Crippen LogP contribution in [0.3, 0.4) is 0 Å². The van der Waals surface area contributed by atoms with Crippen molar-refractivity contribution in [1.82, 2.24) is 4.90 Å². The molecule has 106 valence electrons. The van der Waals surface area contributed by atoms with E-state index in [1.54, 1.807) is 18.2 Å². The van der Waals surface area contributed by atoms with Crippen molar-refractivity contribution in [2.45, 2.75) is 19.4 Å². The molecule has 6 heteroatoms. The number of nitrogens with two attached hydrogens (primary N) is 1. The van der Waals surface area contributed by atoms with Crippen molar-refractivity contribution >= 4 is 17.4 Å². The molecule has 0 amide bonds. The van der Waals surface area contributed by atoms with Gasteiger partial charge in [0.1, 0.15) is 12.4 Å². The standard InChI is InChI=1S/C13H20ClN3O2/c1-13(2,17(3)4)8-19-11-7-9(14)5-6-10(11)12(15)16-18/h5-7,18H,8H2,1-4H3,(H2,15,16). The van der Waals surface area contributed by atoms with Gasteiger partial charge in [0.25, 0.3) is 0 Å². The van der Waals surface area contributed by atoms with Crippen LogP contribution in [0, 0.1) is 0 Å². The highest BCUT2D eigenvalue weighted by Crippen LogP contribution is 2.25. The maximum Gasteiger partial charge on any atom is 0.173 e. The Bertz CT molecular complexity index is 473. The van der Waals surface area contributed by atoms with Gasteiger partial charge < -0.3 is 20.6 Å². The minimum absolute atomic E-state index is 0.00525. The van der Waals surface area contributed by atoms with Gasteiger partial charge in [0.15, 0.2) is 5.84 Å². The Morgan fingerprint density at radius 1 is 1.47 bits per heavy atom. The van der Waals surface area contributed by atoms with Crippen LogP contribution in [0.25, 0.3) is 0 Å². The predicted octanol–water partition coefficient (Wildman–Crippen LogP) is 2.15. The van der Waals surface area contributed by atoms with Gasteiger partial charge in [0.2, 0.25) is 0 Å². The monoisotopic (exact) mass is 285 g/mol. The third-order valence-electron chi connectivity index (χ3n) is 3.12. The summed E-state index contributed by atoms with van der Waals surface area (Å²) in [5.41, 5.74) is 5.98. The fourth-order valence-corrected chi connectivity index (χ4v) is 1.43.